The number of ether oxygens (including phenoxy) is 2. The van der Waals surface area contributed by atoms with Gasteiger partial charge in [0.1, 0.15) is 12.4 Å². The highest BCUT2D eigenvalue weighted by atomic mass is 16.6. The quantitative estimate of drug-likeness (QED) is 0.828. The van der Waals surface area contributed by atoms with Crippen LogP contribution in [0.2, 0.25) is 0 Å². The third-order valence-corrected chi connectivity index (χ3v) is 4.09. The topological polar surface area (TPSA) is 120 Å². The lowest BCUT2D eigenvalue weighted by Crippen LogP contribution is -2.41. The zero-order chi connectivity index (χ0) is 19.8. The number of carbonyl (C=O) groups excluding carboxylic acids is 2. The Bertz CT molecular complexity index is 871. The molecule has 1 aliphatic rings. The van der Waals surface area contributed by atoms with E-state index < -0.39 is 23.7 Å². The molecule has 3 N–H and O–H groups in total. The number of amides is 2. The van der Waals surface area contributed by atoms with Gasteiger partial charge in [0.15, 0.2) is 0 Å². The maximum atomic E-state index is 12.5. The molecule has 3 rings (SSSR count). The molecule has 1 aliphatic heterocycles. The van der Waals surface area contributed by atoms with Gasteiger partial charge in [-0.3, -0.25) is 9.48 Å². The lowest BCUT2D eigenvalue weighted by Gasteiger charge is -2.19. The Hall–Kier alpha value is -3.07. The Morgan fingerprint density at radius 1 is 1.44 bits per heavy atom. The van der Waals surface area contributed by atoms with Gasteiger partial charge in [0.2, 0.25) is 6.10 Å². The first-order valence-electron chi connectivity index (χ1n) is 8.40. The molecule has 0 fully saturated rings. The highest BCUT2D eigenvalue weighted by molar-refractivity contribution is 5.99. The van der Waals surface area contributed by atoms with E-state index in [1.807, 2.05) is 12.3 Å². The normalized spacial score (nSPS) is 17.1. The van der Waals surface area contributed by atoms with Crippen LogP contribution in [0.1, 0.15) is 13.8 Å². The standard InChI is InChI=1S/C18H22N4O5/c1-18(2,25)10-22-8-12(7-20-22)11-4-5-14-13(6-11)21(3)16(23)15(9-26-14)27-17(19)24/h4-8,15,25H,9-10H2,1-3H3,(H2,19,24)/t15-/m0/s1. The molecule has 0 spiro atoms. The second-order valence-electron chi connectivity index (χ2n) is 7.06. The zero-order valence-corrected chi connectivity index (χ0v) is 15.4. The van der Waals surface area contributed by atoms with Crippen LogP contribution in [0, 0.1) is 0 Å². The lowest BCUT2D eigenvalue weighted by atomic mass is 10.1. The van der Waals surface area contributed by atoms with E-state index in [0.717, 1.165) is 11.1 Å². The fourth-order valence-electron chi connectivity index (χ4n) is 2.87. The van der Waals surface area contributed by atoms with Crippen molar-refractivity contribution in [1.82, 2.24) is 9.78 Å². The molecule has 1 aromatic carbocycles. The predicted octanol–water partition coefficient (Wildman–Crippen LogP) is 1.14. The molecular formula is C18H22N4O5. The molecule has 0 aliphatic carbocycles. The van der Waals surface area contributed by atoms with Crippen molar-refractivity contribution in [2.24, 2.45) is 5.73 Å². The van der Waals surface area contributed by atoms with Crippen LogP contribution in [0.5, 0.6) is 5.75 Å². The number of benzene rings is 1. The maximum Gasteiger partial charge on any atom is 0.405 e. The first-order valence-corrected chi connectivity index (χ1v) is 8.40. The largest absolute Gasteiger partial charge is 0.487 e. The van der Waals surface area contributed by atoms with Crippen LogP contribution in [-0.2, 0) is 16.1 Å². The summed E-state index contributed by atoms with van der Waals surface area (Å²) < 4.78 is 12.1. The third-order valence-electron chi connectivity index (χ3n) is 4.09. The Morgan fingerprint density at radius 2 is 2.19 bits per heavy atom. The summed E-state index contributed by atoms with van der Waals surface area (Å²) in [7, 11) is 1.58. The van der Waals surface area contributed by atoms with Gasteiger partial charge in [-0.15, -0.1) is 0 Å². The average molecular weight is 374 g/mol. The van der Waals surface area contributed by atoms with E-state index in [-0.39, 0.29) is 6.61 Å². The van der Waals surface area contributed by atoms with E-state index in [9.17, 15) is 14.7 Å². The summed E-state index contributed by atoms with van der Waals surface area (Å²) in [5.74, 6) is 0.0662. The van der Waals surface area contributed by atoms with Crippen LogP contribution in [-0.4, -0.2) is 52.2 Å². The second-order valence-corrected chi connectivity index (χ2v) is 7.06. The smallest absolute Gasteiger partial charge is 0.405 e. The third kappa shape index (κ3) is 4.20. The van der Waals surface area contributed by atoms with Gasteiger partial charge in [-0.2, -0.15) is 5.10 Å². The number of aromatic nitrogens is 2. The molecule has 144 valence electrons. The minimum Gasteiger partial charge on any atom is -0.487 e. The van der Waals surface area contributed by atoms with Crippen molar-refractivity contribution < 1.29 is 24.2 Å². The zero-order valence-electron chi connectivity index (χ0n) is 15.4. The molecule has 9 heteroatoms. The number of nitrogens with two attached hydrogens (primary N) is 1. The van der Waals surface area contributed by atoms with Crippen molar-refractivity contribution in [1.29, 1.82) is 0 Å². The van der Waals surface area contributed by atoms with Gasteiger partial charge in [0.05, 0.1) is 24.0 Å². The number of fused-ring (bicyclic) bond motifs is 1. The number of carbonyl (C=O) groups is 2. The van der Waals surface area contributed by atoms with Gasteiger partial charge in [0, 0.05) is 18.8 Å². The Balaban J connectivity index is 1.88. The summed E-state index contributed by atoms with van der Waals surface area (Å²) in [6, 6.07) is 5.39. The maximum absolute atomic E-state index is 12.5. The fourth-order valence-corrected chi connectivity index (χ4v) is 2.87. The van der Waals surface area contributed by atoms with Crippen molar-refractivity contribution in [2.45, 2.75) is 32.1 Å². The Kier molecular flexibility index (Phi) is 4.79. The molecule has 0 bridgehead atoms. The number of rotatable bonds is 4. The van der Waals surface area contributed by atoms with E-state index in [4.69, 9.17) is 15.2 Å². The van der Waals surface area contributed by atoms with E-state index in [0.29, 0.717) is 18.0 Å². The molecule has 1 aromatic heterocycles. The molecule has 9 nitrogen and oxygen atoms in total. The first-order chi connectivity index (χ1) is 12.6. The highest BCUT2D eigenvalue weighted by Gasteiger charge is 2.32. The van der Waals surface area contributed by atoms with Crippen molar-refractivity contribution in [2.75, 3.05) is 18.6 Å². The van der Waals surface area contributed by atoms with Crippen molar-refractivity contribution in [3.8, 4) is 16.9 Å². The van der Waals surface area contributed by atoms with Crippen LogP contribution in [0.15, 0.2) is 30.6 Å². The number of hydrogen-bond acceptors (Lipinski definition) is 6. The van der Waals surface area contributed by atoms with Crippen LogP contribution >= 0.6 is 0 Å². The predicted molar refractivity (Wildman–Crippen MR) is 97.3 cm³/mol. The second kappa shape index (κ2) is 6.92. The van der Waals surface area contributed by atoms with Crippen molar-refractivity contribution in [3.05, 3.63) is 30.6 Å². The highest BCUT2D eigenvalue weighted by Crippen LogP contribution is 2.35. The Morgan fingerprint density at radius 3 is 2.85 bits per heavy atom. The molecule has 0 radical (unpaired) electrons. The molecule has 2 amide bonds. The van der Waals surface area contributed by atoms with Gasteiger partial charge in [0.25, 0.3) is 5.91 Å². The number of likely N-dealkylation sites (N-methyl/N-ethyl adjacent to an activating group) is 1. The minimum absolute atomic E-state index is 0.109. The molecular weight excluding hydrogens is 352 g/mol. The molecule has 0 saturated carbocycles. The van der Waals surface area contributed by atoms with E-state index in [2.05, 4.69) is 5.10 Å². The molecule has 2 heterocycles. The van der Waals surface area contributed by atoms with Gasteiger partial charge in [-0.05, 0) is 31.5 Å². The molecule has 0 unspecified atom stereocenters. The number of primary amides is 1. The summed E-state index contributed by atoms with van der Waals surface area (Å²) in [6.45, 7) is 3.66. The SMILES string of the molecule is CN1C(=O)[C@@H](OC(N)=O)COc2ccc(-c3cnn(CC(C)(C)O)c3)cc21. The number of aliphatic hydroxyl groups is 1. The van der Waals surface area contributed by atoms with E-state index in [1.54, 1.807) is 43.9 Å². The molecule has 27 heavy (non-hydrogen) atoms. The monoisotopic (exact) mass is 374 g/mol. The number of nitrogens with zero attached hydrogens (tertiary/aromatic N) is 3. The van der Waals surface area contributed by atoms with Gasteiger partial charge in [-0.25, -0.2) is 4.79 Å². The van der Waals surface area contributed by atoms with Crippen LogP contribution in [0.4, 0.5) is 10.5 Å². The van der Waals surface area contributed by atoms with Gasteiger partial charge >= 0.3 is 6.09 Å². The summed E-state index contributed by atoms with van der Waals surface area (Å²) in [5.41, 5.74) is 6.34. The lowest BCUT2D eigenvalue weighted by molar-refractivity contribution is -0.127. The van der Waals surface area contributed by atoms with Gasteiger partial charge < -0.3 is 25.2 Å². The summed E-state index contributed by atoms with van der Waals surface area (Å²) in [5, 5.41) is 14.2. The van der Waals surface area contributed by atoms with Crippen LogP contribution in [0.25, 0.3) is 11.1 Å². The van der Waals surface area contributed by atoms with Crippen molar-refractivity contribution >= 4 is 17.7 Å². The van der Waals surface area contributed by atoms with Gasteiger partial charge in [-0.1, -0.05) is 6.07 Å². The van der Waals surface area contributed by atoms with E-state index >= 15 is 0 Å². The summed E-state index contributed by atoms with van der Waals surface area (Å²) in [6.07, 6.45) is 1.37. The Labute approximate surface area is 156 Å². The fraction of sp³-hybridized carbons (Fsp3) is 0.389. The van der Waals surface area contributed by atoms with Crippen LogP contribution in [0.3, 0.4) is 0 Å². The molecule has 2 aromatic rings. The molecule has 0 saturated heterocycles. The number of hydrogen-bond donors (Lipinski definition) is 2. The number of anilines is 1. The first kappa shape index (κ1) is 18.7. The van der Waals surface area contributed by atoms with E-state index in [1.165, 1.54) is 4.90 Å². The molecule has 1 atom stereocenters. The average Bonchev–Trinajstić information content (AvgIpc) is 2.99. The van der Waals surface area contributed by atoms with Crippen molar-refractivity contribution in [3.63, 3.8) is 0 Å². The van der Waals surface area contributed by atoms with Crippen LogP contribution < -0.4 is 15.4 Å². The summed E-state index contributed by atoms with van der Waals surface area (Å²) in [4.78, 5) is 24.9. The summed E-state index contributed by atoms with van der Waals surface area (Å²) >= 11 is 0. The minimum atomic E-state index is -1.10.